The number of sulfonamides is 1. The van der Waals surface area contributed by atoms with Crippen molar-refractivity contribution in [3.8, 4) is 0 Å². The van der Waals surface area contributed by atoms with Gasteiger partial charge in [0, 0.05) is 13.1 Å². The van der Waals surface area contributed by atoms with E-state index in [0.29, 0.717) is 6.54 Å². The van der Waals surface area contributed by atoms with Gasteiger partial charge in [0.05, 0.1) is 12.9 Å². The quantitative estimate of drug-likeness (QED) is 0.745. The van der Waals surface area contributed by atoms with Crippen LogP contribution in [0.15, 0.2) is 0 Å². The second kappa shape index (κ2) is 5.09. The fourth-order valence-corrected chi connectivity index (χ4v) is 1.85. The molecular weight excluding hydrogens is 202 g/mol. The van der Waals surface area contributed by atoms with E-state index in [1.165, 1.54) is 10.6 Å². The summed E-state index contributed by atoms with van der Waals surface area (Å²) in [5.74, 6) is 0. The summed E-state index contributed by atoms with van der Waals surface area (Å²) in [4.78, 5) is 0. The SMILES string of the molecule is CC(C)(C)CCN(CCO)S(C)(=O)=O. The highest BCUT2D eigenvalue weighted by Gasteiger charge is 2.19. The van der Waals surface area contributed by atoms with E-state index in [1.807, 2.05) is 0 Å². The van der Waals surface area contributed by atoms with Gasteiger partial charge in [-0.3, -0.25) is 0 Å². The number of aliphatic hydroxyl groups excluding tert-OH is 1. The molecule has 0 atom stereocenters. The van der Waals surface area contributed by atoms with Crippen LogP contribution < -0.4 is 0 Å². The standard InChI is InChI=1S/C9H21NO3S/c1-9(2,3)5-6-10(7-8-11)14(4,12)13/h11H,5-8H2,1-4H3. The van der Waals surface area contributed by atoms with E-state index in [4.69, 9.17) is 5.11 Å². The number of nitrogens with zero attached hydrogens (tertiary/aromatic N) is 1. The predicted octanol–water partition coefficient (Wildman–Crippen LogP) is 0.677. The molecule has 0 fully saturated rings. The molecule has 0 saturated heterocycles. The van der Waals surface area contributed by atoms with Crippen molar-refractivity contribution < 1.29 is 13.5 Å². The molecule has 5 heteroatoms. The lowest BCUT2D eigenvalue weighted by molar-refractivity contribution is 0.238. The third-order valence-corrected chi connectivity index (χ3v) is 3.23. The second-order valence-electron chi connectivity index (χ2n) is 4.70. The fourth-order valence-electron chi connectivity index (χ4n) is 1.02. The smallest absolute Gasteiger partial charge is 0.211 e. The minimum atomic E-state index is -3.18. The zero-order valence-corrected chi connectivity index (χ0v) is 10.3. The van der Waals surface area contributed by atoms with E-state index < -0.39 is 10.0 Å². The maximum Gasteiger partial charge on any atom is 0.211 e. The maximum absolute atomic E-state index is 11.3. The van der Waals surface area contributed by atoms with Crippen LogP contribution in [0, 0.1) is 5.41 Å². The number of aliphatic hydroxyl groups is 1. The normalized spacial score (nSPS) is 13.6. The summed E-state index contributed by atoms with van der Waals surface area (Å²) in [5.41, 5.74) is 0.110. The van der Waals surface area contributed by atoms with Gasteiger partial charge in [-0.25, -0.2) is 8.42 Å². The van der Waals surface area contributed by atoms with Crippen molar-refractivity contribution in [2.24, 2.45) is 5.41 Å². The Labute approximate surface area is 87.0 Å². The van der Waals surface area contributed by atoms with Gasteiger partial charge < -0.3 is 5.11 Å². The van der Waals surface area contributed by atoms with Crippen LogP contribution in [0.1, 0.15) is 27.2 Å². The molecule has 14 heavy (non-hydrogen) atoms. The van der Waals surface area contributed by atoms with Crippen molar-refractivity contribution >= 4 is 10.0 Å². The molecule has 0 unspecified atom stereocenters. The highest BCUT2D eigenvalue weighted by Crippen LogP contribution is 2.19. The summed E-state index contributed by atoms with van der Waals surface area (Å²) < 4.78 is 23.8. The summed E-state index contributed by atoms with van der Waals surface area (Å²) in [7, 11) is -3.18. The number of hydrogen-bond acceptors (Lipinski definition) is 3. The van der Waals surface area contributed by atoms with Crippen molar-refractivity contribution in [3.63, 3.8) is 0 Å². The summed E-state index contributed by atoms with van der Waals surface area (Å²) in [6.07, 6.45) is 1.96. The highest BCUT2D eigenvalue weighted by atomic mass is 32.2. The molecule has 0 bridgehead atoms. The van der Waals surface area contributed by atoms with E-state index in [9.17, 15) is 8.42 Å². The zero-order chi connectivity index (χ0) is 11.4. The van der Waals surface area contributed by atoms with E-state index in [2.05, 4.69) is 20.8 Å². The molecule has 4 nitrogen and oxygen atoms in total. The molecule has 0 saturated carbocycles. The van der Waals surface area contributed by atoms with Gasteiger partial charge in [-0.1, -0.05) is 20.8 Å². The first-order valence-electron chi connectivity index (χ1n) is 4.73. The van der Waals surface area contributed by atoms with Crippen molar-refractivity contribution in [2.75, 3.05) is 26.0 Å². The number of hydrogen-bond donors (Lipinski definition) is 1. The Morgan fingerprint density at radius 3 is 2.00 bits per heavy atom. The maximum atomic E-state index is 11.3. The minimum Gasteiger partial charge on any atom is -0.395 e. The van der Waals surface area contributed by atoms with Gasteiger partial charge in [-0.15, -0.1) is 0 Å². The van der Waals surface area contributed by atoms with Crippen LogP contribution in [-0.4, -0.2) is 43.8 Å². The Balaban J connectivity index is 4.26. The molecule has 0 rings (SSSR count). The molecule has 0 aliphatic rings. The van der Waals surface area contributed by atoms with Gasteiger partial charge in [0.25, 0.3) is 0 Å². The van der Waals surface area contributed by atoms with Crippen LogP contribution in [0.3, 0.4) is 0 Å². The fraction of sp³-hybridized carbons (Fsp3) is 1.00. The van der Waals surface area contributed by atoms with Crippen molar-refractivity contribution in [3.05, 3.63) is 0 Å². The average molecular weight is 223 g/mol. The summed E-state index contributed by atoms with van der Waals surface area (Å²) in [6, 6.07) is 0. The van der Waals surface area contributed by atoms with Gasteiger partial charge in [0.2, 0.25) is 10.0 Å². The molecule has 86 valence electrons. The van der Waals surface area contributed by atoms with Crippen molar-refractivity contribution in [1.29, 1.82) is 0 Å². The topological polar surface area (TPSA) is 57.6 Å². The lowest BCUT2D eigenvalue weighted by Gasteiger charge is -2.24. The third-order valence-electron chi connectivity index (χ3n) is 1.93. The molecule has 0 aromatic rings. The van der Waals surface area contributed by atoms with Crippen LogP contribution in [0.2, 0.25) is 0 Å². The second-order valence-corrected chi connectivity index (χ2v) is 6.68. The lowest BCUT2D eigenvalue weighted by Crippen LogP contribution is -2.35. The van der Waals surface area contributed by atoms with E-state index in [0.717, 1.165) is 6.42 Å². The summed E-state index contributed by atoms with van der Waals surface area (Å²) in [6.45, 7) is 6.72. The molecular formula is C9H21NO3S. The Morgan fingerprint density at radius 1 is 1.21 bits per heavy atom. The molecule has 1 N–H and O–H groups in total. The molecule has 0 heterocycles. The van der Waals surface area contributed by atoms with Gasteiger partial charge >= 0.3 is 0 Å². The Bertz CT molecular complexity index is 254. The average Bonchev–Trinajstić information content (AvgIpc) is 1.93. The predicted molar refractivity (Wildman–Crippen MR) is 57.6 cm³/mol. The Morgan fingerprint density at radius 2 is 1.71 bits per heavy atom. The Kier molecular flexibility index (Phi) is 5.05. The molecule has 0 radical (unpaired) electrons. The molecule has 0 aromatic heterocycles. The first-order valence-corrected chi connectivity index (χ1v) is 6.57. The molecule has 0 amide bonds. The van der Waals surface area contributed by atoms with Gasteiger partial charge in [0.1, 0.15) is 0 Å². The highest BCUT2D eigenvalue weighted by molar-refractivity contribution is 7.88. The Hall–Kier alpha value is -0.130. The van der Waals surface area contributed by atoms with Crippen LogP contribution in [-0.2, 0) is 10.0 Å². The lowest BCUT2D eigenvalue weighted by atomic mass is 9.92. The van der Waals surface area contributed by atoms with Crippen molar-refractivity contribution in [1.82, 2.24) is 4.31 Å². The monoisotopic (exact) mass is 223 g/mol. The summed E-state index contributed by atoms with van der Waals surface area (Å²) in [5, 5.41) is 8.72. The van der Waals surface area contributed by atoms with Gasteiger partial charge in [0.15, 0.2) is 0 Å². The zero-order valence-electron chi connectivity index (χ0n) is 9.45. The van der Waals surface area contributed by atoms with E-state index in [1.54, 1.807) is 0 Å². The third kappa shape index (κ3) is 6.34. The van der Waals surface area contributed by atoms with E-state index in [-0.39, 0.29) is 18.6 Å². The van der Waals surface area contributed by atoms with Crippen LogP contribution in [0.25, 0.3) is 0 Å². The van der Waals surface area contributed by atoms with E-state index >= 15 is 0 Å². The largest absolute Gasteiger partial charge is 0.395 e. The number of rotatable bonds is 5. The van der Waals surface area contributed by atoms with Gasteiger partial charge in [-0.2, -0.15) is 4.31 Å². The van der Waals surface area contributed by atoms with Gasteiger partial charge in [-0.05, 0) is 11.8 Å². The first-order chi connectivity index (χ1) is 6.17. The minimum absolute atomic E-state index is 0.110. The molecule has 0 spiro atoms. The first kappa shape index (κ1) is 13.9. The molecule has 0 aliphatic heterocycles. The van der Waals surface area contributed by atoms with Crippen molar-refractivity contribution in [2.45, 2.75) is 27.2 Å². The molecule has 0 aromatic carbocycles. The summed E-state index contributed by atoms with van der Waals surface area (Å²) >= 11 is 0. The van der Waals surface area contributed by atoms with Crippen LogP contribution in [0.4, 0.5) is 0 Å². The van der Waals surface area contributed by atoms with Crippen LogP contribution in [0.5, 0.6) is 0 Å². The van der Waals surface area contributed by atoms with Crippen LogP contribution >= 0.6 is 0 Å². The molecule has 0 aliphatic carbocycles.